The number of halogens is 2. The van der Waals surface area contributed by atoms with Crippen molar-refractivity contribution < 1.29 is 13.6 Å². The van der Waals surface area contributed by atoms with Crippen molar-refractivity contribution in [2.75, 3.05) is 0 Å². The molecule has 1 aromatic heterocycles. The summed E-state index contributed by atoms with van der Waals surface area (Å²) >= 11 is 1.43. The second-order valence-corrected chi connectivity index (χ2v) is 3.53. The third kappa shape index (κ3) is 2.77. The van der Waals surface area contributed by atoms with Crippen molar-refractivity contribution in [1.29, 1.82) is 0 Å². The van der Waals surface area contributed by atoms with Gasteiger partial charge in [0.25, 0.3) is 5.91 Å². The third-order valence-corrected chi connectivity index (χ3v) is 2.58. The van der Waals surface area contributed by atoms with E-state index in [4.69, 9.17) is 0 Å². The molecule has 0 saturated heterocycles. The highest BCUT2D eigenvalue weighted by Crippen LogP contribution is 2.18. The first kappa shape index (κ1) is 10.1. The zero-order valence-electron chi connectivity index (χ0n) is 6.96. The first-order valence-corrected chi connectivity index (χ1v) is 4.61. The fourth-order valence-corrected chi connectivity index (χ4v) is 1.62. The zero-order valence-corrected chi connectivity index (χ0v) is 7.78. The van der Waals surface area contributed by atoms with E-state index in [1.165, 1.54) is 11.3 Å². The number of alkyl halides is 2. The third-order valence-electron chi connectivity index (χ3n) is 1.53. The van der Waals surface area contributed by atoms with Crippen LogP contribution in [0.4, 0.5) is 8.78 Å². The Labute approximate surface area is 78.6 Å². The molecule has 0 aliphatic heterocycles. The lowest BCUT2D eigenvalue weighted by atomic mass is 10.3. The van der Waals surface area contributed by atoms with Gasteiger partial charge >= 0.3 is 6.43 Å². The van der Waals surface area contributed by atoms with E-state index in [9.17, 15) is 13.6 Å². The molecule has 5 heteroatoms. The minimum atomic E-state index is -2.94. The molecule has 0 aliphatic carbocycles. The summed E-state index contributed by atoms with van der Waals surface area (Å²) in [5, 5.41) is 4.04. The molecule has 0 aliphatic rings. The Bertz CT molecular complexity index is 274. The molecule has 1 N–H and O–H groups in total. The molecule has 0 aromatic carbocycles. The molecule has 1 aromatic rings. The Kier molecular flexibility index (Phi) is 3.36. The predicted molar refractivity (Wildman–Crippen MR) is 46.9 cm³/mol. The van der Waals surface area contributed by atoms with Crippen molar-refractivity contribution in [3.8, 4) is 0 Å². The van der Waals surface area contributed by atoms with Gasteiger partial charge in [-0.15, -0.1) is 11.3 Å². The molecule has 0 radical (unpaired) electrons. The van der Waals surface area contributed by atoms with Crippen LogP contribution in [0.1, 0.15) is 17.8 Å². The van der Waals surface area contributed by atoms with Gasteiger partial charge in [-0.25, -0.2) is 0 Å². The van der Waals surface area contributed by atoms with Gasteiger partial charge in [-0.1, -0.05) is 6.07 Å². The average molecular weight is 205 g/mol. The summed E-state index contributed by atoms with van der Waals surface area (Å²) in [6, 6.07) is 3.26. The van der Waals surface area contributed by atoms with E-state index >= 15 is 0 Å². The summed E-state index contributed by atoms with van der Waals surface area (Å²) in [6.45, 7) is 1.67. The second kappa shape index (κ2) is 4.32. The van der Waals surface area contributed by atoms with Gasteiger partial charge < -0.3 is 5.32 Å². The van der Waals surface area contributed by atoms with Crippen molar-refractivity contribution in [1.82, 2.24) is 5.32 Å². The first-order chi connectivity index (χ1) is 6.11. The summed E-state index contributed by atoms with van der Waals surface area (Å²) in [5.41, 5.74) is 0. The molecule has 1 atom stereocenters. The van der Waals surface area contributed by atoms with Crippen LogP contribution < -0.4 is 5.32 Å². The van der Waals surface area contributed by atoms with Gasteiger partial charge in [-0.05, 0) is 18.4 Å². The summed E-state index contributed by atoms with van der Waals surface area (Å²) < 4.78 is 23.6. The molecule has 72 valence electrons. The van der Waals surface area contributed by atoms with E-state index in [1.807, 2.05) is 11.4 Å². The van der Waals surface area contributed by atoms with E-state index in [2.05, 4.69) is 5.32 Å². The fourth-order valence-electron chi connectivity index (χ4n) is 0.885. The Morgan fingerprint density at radius 3 is 2.77 bits per heavy atom. The maximum atomic E-state index is 11.8. The lowest BCUT2D eigenvalue weighted by Gasteiger charge is -2.10. The summed E-state index contributed by atoms with van der Waals surface area (Å²) in [6.07, 6.45) is -2.94. The van der Waals surface area contributed by atoms with Crippen LogP contribution in [0.3, 0.4) is 0 Å². The van der Waals surface area contributed by atoms with E-state index in [-0.39, 0.29) is 6.04 Å². The minimum absolute atomic E-state index is 0.346. The van der Waals surface area contributed by atoms with Crippen LogP contribution in [0.15, 0.2) is 17.5 Å². The molecule has 0 saturated carbocycles. The monoisotopic (exact) mass is 205 g/mol. The van der Waals surface area contributed by atoms with Crippen LogP contribution in [0.2, 0.25) is 0 Å². The van der Waals surface area contributed by atoms with Gasteiger partial charge in [0, 0.05) is 4.88 Å². The largest absolute Gasteiger partial charge is 0.344 e. The van der Waals surface area contributed by atoms with Crippen LogP contribution in [0, 0.1) is 0 Å². The normalized spacial score (nSPS) is 12.9. The van der Waals surface area contributed by atoms with Crippen LogP contribution >= 0.6 is 11.3 Å². The number of amides is 1. The highest BCUT2D eigenvalue weighted by atomic mass is 32.1. The highest BCUT2D eigenvalue weighted by Gasteiger charge is 2.18. The molecular weight excluding hydrogens is 196 g/mol. The molecule has 13 heavy (non-hydrogen) atoms. The topological polar surface area (TPSA) is 29.1 Å². The highest BCUT2D eigenvalue weighted by molar-refractivity contribution is 7.10. The van der Waals surface area contributed by atoms with Gasteiger partial charge in [-0.2, -0.15) is 8.78 Å². The van der Waals surface area contributed by atoms with Gasteiger partial charge in [0.05, 0.1) is 6.04 Å². The van der Waals surface area contributed by atoms with Crippen molar-refractivity contribution in [3.63, 3.8) is 0 Å². The number of carbonyl (C=O) groups is 1. The Morgan fingerprint density at radius 2 is 2.31 bits per heavy atom. The standard InChI is InChI=1S/C8H9F2NOS/c1-5(6-3-2-4-13-6)11-8(12)7(9)10/h2-5,7H,1H3,(H,11,12)/t5-/m1/s1. The molecule has 0 spiro atoms. The SMILES string of the molecule is C[C@@H](NC(=O)C(F)F)c1cccs1. The molecule has 1 rings (SSSR count). The number of nitrogens with one attached hydrogen (secondary N) is 1. The Balaban J connectivity index is 2.51. The fraction of sp³-hybridized carbons (Fsp3) is 0.375. The quantitative estimate of drug-likeness (QED) is 0.805. The van der Waals surface area contributed by atoms with Gasteiger partial charge in [0.2, 0.25) is 0 Å². The lowest BCUT2D eigenvalue weighted by molar-refractivity contribution is -0.132. The van der Waals surface area contributed by atoms with Crippen molar-refractivity contribution >= 4 is 17.2 Å². The molecule has 2 nitrogen and oxygen atoms in total. The van der Waals surface area contributed by atoms with Crippen LogP contribution in [-0.2, 0) is 4.79 Å². The first-order valence-electron chi connectivity index (χ1n) is 3.73. The van der Waals surface area contributed by atoms with Crippen molar-refractivity contribution in [2.24, 2.45) is 0 Å². The van der Waals surface area contributed by atoms with E-state index in [0.29, 0.717) is 0 Å². The number of hydrogen-bond donors (Lipinski definition) is 1. The maximum Gasteiger partial charge on any atom is 0.315 e. The summed E-state index contributed by atoms with van der Waals surface area (Å²) in [5.74, 6) is -1.22. The summed E-state index contributed by atoms with van der Waals surface area (Å²) in [4.78, 5) is 11.5. The number of hydrogen-bond acceptors (Lipinski definition) is 2. The van der Waals surface area contributed by atoms with Crippen LogP contribution in [0.5, 0.6) is 0 Å². The van der Waals surface area contributed by atoms with Crippen LogP contribution in [-0.4, -0.2) is 12.3 Å². The molecule has 0 fully saturated rings. The predicted octanol–water partition coefficient (Wildman–Crippen LogP) is 2.19. The Morgan fingerprint density at radius 1 is 1.62 bits per heavy atom. The smallest absolute Gasteiger partial charge is 0.315 e. The van der Waals surface area contributed by atoms with E-state index in [0.717, 1.165) is 4.88 Å². The lowest BCUT2D eigenvalue weighted by Crippen LogP contribution is -2.31. The number of rotatable bonds is 3. The zero-order chi connectivity index (χ0) is 9.84. The molecule has 0 unspecified atom stereocenters. The maximum absolute atomic E-state index is 11.8. The van der Waals surface area contributed by atoms with Crippen molar-refractivity contribution in [3.05, 3.63) is 22.4 Å². The molecular formula is C8H9F2NOS. The Hall–Kier alpha value is -0.970. The number of thiophene rings is 1. The molecule has 1 heterocycles. The van der Waals surface area contributed by atoms with Gasteiger partial charge in [0.15, 0.2) is 0 Å². The molecule has 1 amide bonds. The van der Waals surface area contributed by atoms with E-state index in [1.54, 1.807) is 13.0 Å². The van der Waals surface area contributed by atoms with Crippen molar-refractivity contribution in [2.45, 2.75) is 19.4 Å². The molecule has 0 bridgehead atoms. The van der Waals surface area contributed by atoms with E-state index < -0.39 is 12.3 Å². The second-order valence-electron chi connectivity index (χ2n) is 2.55. The summed E-state index contributed by atoms with van der Waals surface area (Å²) in [7, 11) is 0. The van der Waals surface area contributed by atoms with Gasteiger partial charge in [-0.3, -0.25) is 4.79 Å². The van der Waals surface area contributed by atoms with Crippen LogP contribution in [0.25, 0.3) is 0 Å². The number of carbonyl (C=O) groups excluding carboxylic acids is 1. The van der Waals surface area contributed by atoms with Gasteiger partial charge in [0.1, 0.15) is 0 Å². The minimum Gasteiger partial charge on any atom is -0.344 e. The average Bonchev–Trinajstić information content (AvgIpc) is 2.55.